The largest absolute Gasteiger partial charge is 0.369 e. The van der Waals surface area contributed by atoms with Crippen LogP contribution in [0.25, 0.3) is 5.65 Å². The summed E-state index contributed by atoms with van der Waals surface area (Å²) in [6, 6.07) is 4.45. The summed E-state index contributed by atoms with van der Waals surface area (Å²) in [6.45, 7) is 2.77. The summed E-state index contributed by atoms with van der Waals surface area (Å²) in [5.41, 5.74) is 1.43. The van der Waals surface area contributed by atoms with Crippen LogP contribution in [0.3, 0.4) is 0 Å². The van der Waals surface area contributed by atoms with E-state index < -0.39 is 0 Å². The molecule has 21 heavy (non-hydrogen) atoms. The molecular weight excluding hydrogens is 337 g/mol. The van der Waals surface area contributed by atoms with E-state index in [0.717, 1.165) is 18.1 Å². The molecule has 0 amide bonds. The monoisotopic (exact) mass is 349 g/mol. The van der Waals surface area contributed by atoms with E-state index in [2.05, 4.69) is 36.5 Å². The third-order valence-electron chi connectivity index (χ3n) is 2.92. The lowest BCUT2D eigenvalue weighted by atomic mass is 10.3. The zero-order valence-electron chi connectivity index (χ0n) is 11.3. The van der Waals surface area contributed by atoms with Gasteiger partial charge in [-0.05, 0) is 41.1 Å². The molecule has 0 aliphatic rings. The van der Waals surface area contributed by atoms with Crippen molar-refractivity contribution in [2.24, 2.45) is 0 Å². The maximum Gasteiger partial charge on any atom is 0.180 e. The minimum Gasteiger partial charge on any atom is -0.369 e. The van der Waals surface area contributed by atoms with Crippen molar-refractivity contribution < 1.29 is 4.39 Å². The van der Waals surface area contributed by atoms with E-state index in [4.69, 9.17) is 0 Å². The van der Waals surface area contributed by atoms with Crippen molar-refractivity contribution in [2.45, 2.75) is 6.92 Å². The van der Waals surface area contributed by atoms with E-state index in [1.165, 1.54) is 12.1 Å². The van der Waals surface area contributed by atoms with Crippen molar-refractivity contribution in [2.75, 3.05) is 17.2 Å². The number of hydrogen-bond acceptors (Lipinski definition) is 4. The Balaban J connectivity index is 2.04. The van der Waals surface area contributed by atoms with Gasteiger partial charge in [-0.15, -0.1) is 0 Å². The van der Waals surface area contributed by atoms with Gasteiger partial charge < -0.3 is 15.0 Å². The first-order valence-electron chi connectivity index (χ1n) is 6.47. The average Bonchev–Trinajstić information content (AvgIpc) is 2.91. The number of benzene rings is 1. The van der Waals surface area contributed by atoms with Gasteiger partial charge in [0.1, 0.15) is 11.6 Å². The van der Waals surface area contributed by atoms with Crippen LogP contribution in [-0.4, -0.2) is 20.9 Å². The molecule has 0 spiro atoms. The molecule has 0 aliphatic heterocycles. The summed E-state index contributed by atoms with van der Waals surface area (Å²) in [4.78, 5) is 8.79. The van der Waals surface area contributed by atoms with Crippen molar-refractivity contribution in [3.05, 3.63) is 47.1 Å². The lowest BCUT2D eigenvalue weighted by molar-refractivity contribution is 0.627. The van der Waals surface area contributed by atoms with Crippen LogP contribution < -0.4 is 10.6 Å². The van der Waals surface area contributed by atoms with Crippen molar-refractivity contribution in [1.82, 2.24) is 14.4 Å². The minimum atomic E-state index is -0.298. The highest BCUT2D eigenvalue weighted by Crippen LogP contribution is 2.28. The van der Waals surface area contributed by atoms with Crippen LogP contribution in [0, 0.1) is 5.82 Å². The number of fused-ring (bicyclic) bond motifs is 1. The molecule has 0 unspecified atom stereocenters. The molecule has 2 aromatic heterocycles. The van der Waals surface area contributed by atoms with E-state index in [0.29, 0.717) is 15.9 Å². The van der Waals surface area contributed by atoms with Gasteiger partial charge in [-0.3, -0.25) is 0 Å². The second kappa shape index (κ2) is 5.69. The maximum absolute atomic E-state index is 13.2. The van der Waals surface area contributed by atoms with Gasteiger partial charge in [-0.1, -0.05) is 0 Å². The van der Waals surface area contributed by atoms with Gasteiger partial charge in [0.2, 0.25) is 0 Å². The van der Waals surface area contributed by atoms with Crippen LogP contribution in [-0.2, 0) is 0 Å². The quantitative estimate of drug-likeness (QED) is 0.751. The van der Waals surface area contributed by atoms with Crippen LogP contribution in [0.4, 0.5) is 21.7 Å². The number of aromatic nitrogens is 3. The smallest absolute Gasteiger partial charge is 0.180 e. The second-order valence-electron chi connectivity index (χ2n) is 4.41. The number of hydrogen-bond donors (Lipinski definition) is 2. The zero-order chi connectivity index (χ0) is 14.8. The molecule has 0 bridgehead atoms. The van der Waals surface area contributed by atoms with Gasteiger partial charge in [-0.25, -0.2) is 14.4 Å². The predicted octanol–water partition coefficient (Wildman–Crippen LogP) is 3.81. The molecule has 1 aromatic carbocycles. The molecule has 5 nitrogen and oxygen atoms in total. The topological polar surface area (TPSA) is 54.2 Å². The van der Waals surface area contributed by atoms with Crippen LogP contribution in [0.2, 0.25) is 0 Å². The van der Waals surface area contributed by atoms with Crippen molar-refractivity contribution in [3.8, 4) is 0 Å². The summed E-state index contributed by atoms with van der Waals surface area (Å²) in [5.74, 6) is 1.04. The Labute approximate surface area is 129 Å². The molecule has 0 aliphatic carbocycles. The number of nitrogens with one attached hydrogen (secondary N) is 2. The summed E-state index contributed by atoms with van der Waals surface area (Å²) >= 11 is 3.34. The molecule has 7 heteroatoms. The Morgan fingerprint density at radius 1 is 1.38 bits per heavy atom. The van der Waals surface area contributed by atoms with Crippen molar-refractivity contribution in [1.29, 1.82) is 0 Å². The SMILES string of the molecule is CCNc1cn2ccnc2c(Nc2ccc(F)cc2Br)n1. The number of nitrogens with zero attached hydrogens (tertiary/aromatic N) is 3. The van der Waals surface area contributed by atoms with Crippen LogP contribution in [0.1, 0.15) is 6.92 Å². The molecule has 0 fully saturated rings. The van der Waals surface area contributed by atoms with Crippen LogP contribution in [0.15, 0.2) is 41.3 Å². The number of halogens is 2. The fourth-order valence-electron chi connectivity index (χ4n) is 2.00. The first kappa shape index (κ1) is 13.8. The molecule has 108 valence electrons. The molecular formula is C14H13BrFN5. The Morgan fingerprint density at radius 2 is 2.24 bits per heavy atom. The van der Waals surface area contributed by atoms with E-state index in [1.807, 2.05) is 23.7 Å². The van der Waals surface area contributed by atoms with Gasteiger partial charge in [0.05, 0.1) is 11.9 Å². The highest BCUT2D eigenvalue weighted by molar-refractivity contribution is 9.10. The van der Waals surface area contributed by atoms with Gasteiger partial charge in [0.25, 0.3) is 0 Å². The predicted molar refractivity (Wildman–Crippen MR) is 84.5 cm³/mol. The fraction of sp³-hybridized carbons (Fsp3) is 0.143. The summed E-state index contributed by atoms with van der Waals surface area (Å²) in [6.07, 6.45) is 5.43. The highest BCUT2D eigenvalue weighted by Gasteiger charge is 2.09. The molecule has 2 heterocycles. The first-order chi connectivity index (χ1) is 10.2. The molecule has 0 radical (unpaired) electrons. The Bertz CT molecular complexity index is 786. The van der Waals surface area contributed by atoms with E-state index >= 15 is 0 Å². The Hall–Kier alpha value is -2.15. The normalized spacial score (nSPS) is 10.8. The molecule has 0 saturated carbocycles. The Morgan fingerprint density at radius 3 is 3.00 bits per heavy atom. The standard InChI is InChI=1S/C14H13BrFN5/c1-2-17-12-8-21-6-5-18-14(21)13(20-12)19-11-4-3-9(16)7-10(11)15/h3-8,17H,2H2,1H3,(H,19,20). The second-order valence-corrected chi connectivity index (χ2v) is 5.27. The third kappa shape index (κ3) is 2.82. The van der Waals surface area contributed by atoms with Gasteiger partial charge >= 0.3 is 0 Å². The molecule has 0 saturated heterocycles. The zero-order valence-corrected chi connectivity index (χ0v) is 12.9. The first-order valence-corrected chi connectivity index (χ1v) is 7.26. The van der Waals surface area contributed by atoms with Gasteiger partial charge in [-0.2, -0.15) is 0 Å². The maximum atomic E-state index is 13.2. The van der Waals surface area contributed by atoms with E-state index in [-0.39, 0.29) is 5.82 Å². The number of rotatable bonds is 4. The number of imidazole rings is 1. The van der Waals surface area contributed by atoms with Crippen LogP contribution in [0.5, 0.6) is 0 Å². The fourth-order valence-corrected chi connectivity index (χ4v) is 2.45. The molecule has 2 N–H and O–H groups in total. The summed E-state index contributed by atoms with van der Waals surface area (Å²) < 4.78 is 15.7. The molecule has 0 atom stereocenters. The Kier molecular flexibility index (Phi) is 3.74. The van der Waals surface area contributed by atoms with Crippen molar-refractivity contribution in [3.63, 3.8) is 0 Å². The van der Waals surface area contributed by atoms with E-state index in [1.54, 1.807) is 12.3 Å². The molecule has 3 rings (SSSR count). The van der Waals surface area contributed by atoms with E-state index in [9.17, 15) is 4.39 Å². The van der Waals surface area contributed by atoms with Gasteiger partial charge in [0.15, 0.2) is 11.5 Å². The summed E-state index contributed by atoms with van der Waals surface area (Å²) in [5, 5.41) is 6.35. The highest BCUT2D eigenvalue weighted by atomic mass is 79.9. The average molecular weight is 350 g/mol. The lowest BCUT2D eigenvalue weighted by Crippen LogP contribution is -2.05. The van der Waals surface area contributed by atoms with Gasteiger partial charge in [0, 0.05) is 23.4 Å². The molecule has 3 aromatic rings. The summed E-state index contributed by atoms with van der Waals surface area (Å²) in [7, 11) is 0. The third-order valence-corrected chi connectivity index (χ3v) is 3.57. The van der Waals surface area contributed by atoms with Crippen LogP contribution >= 0.6 is 15.9 Å². The lowest BCUT2D eigenvalue weighted by Gasteiger charge is -2.11. The van der Waals surface area contributed by atoms with Crippen molar-refractivity contribution >= 4 is 38.9 Å². The minimum absolute atomic E-state index is 0.298. The number of anilines is 3.